The summed E-state index contributed by atoms with van der Waals surface area (Å²) < 4.78 is 0. The molecule has 0 aromatic heterocycles. The van der Waals surface area contributed by atoms with Gasteiger partial charge in [-0.15, -0.1) is 0 Å². The van der Waals surface area contributed by atoms with Crippen molar-refractivity contribution in [3.05, 3.63) is 0 Å². The van der Waals surface area contributed by atoms with Crippen LogP contribution in [0.5, 0.6) is 0 Å². The maximum absolute atomic E-state index is 9.40. The highest BCUT2D eigenvalue weighted by Gasteiger charge is 2.22. The van der Waals surface area contributed by atoms with Crippen molar-refractivity contribution in [1.29, 1.82) is 0 Å². The van der Waals surface area contributed by atoms with Gasteiger partial charge in [0, 0.05) is 5.54 Å². The Labute approximate surface area is 101 Å². The minimum absolute atomic E-state index is 0.117. The Morgan fingerprint density at radius 3 is 2.31 bits per heavy atom. The lowest BCUT2D eigenvalue weighted by atomic mass is 9.98. The molecule has 0 fully saturated rings. The molecule has 1 atom stereocenters. The van der Waals surface area contributed by atoms with E-state index < -0.39 is 0 Å². The molecular weight excluding hydrogens is 200 g/mol. The molecule has 2 N–H and O–H groups in total. The molecule has 3 nitrogen and oxygen atoms in total. The highest BCUT2D eigenvalue weighted by Crippen LogP contribution is 2.10. The Morgan fingerprint density at radius 2 is 1.88 bits per heavy atom. The molecule has 3 heteroatoms. The van der Waals surface area contributed by atoms with Gasteiger partial charge in [0.2, 0.25) is 0 Å². The number of hydrogen-bond donors (Lipinski definition) is 2. The number of aliphatic hydroxyl groups is 1. The summed E-state index contributed by atoms with van der Waals surface area (Å²) in [7, 11) is 0. The molecule has 0 saturated heterocycles. The second kappa shape index (κ2) is 8.97. The van der Waals surface area contributed by atoms with Crippen LogP contribution in [-0.4, -0.2) is 48.3 Å². The Morgan fingerprint density at radius 1 is 1.19 bits per heavy atom. The summed E-state index contributed by atoms with van der Waals surface area (Å²) >= 11 is 0. The molecule has 0 radical (unpaired) electrons. The maximum Gasteiger partial charge on any atom is 0.0611 e. The van der Waals surface area contributed by atoms with E-state index in [0.717, 1.165) is 26.1 Å². The van der Waals surface area contributed by atoms with Gasteiger partial charge in [0.1, 0.15) is 0 Å². The average Bonchev–Trinajstić information content (AvgIpc) is 2.30. The van der Waals surface area contributed by atoms with Gasteiger partial charge in [-0.05, 0) is 45.9 Å². The molecule has 0 rings (SSSR count). The van der Waals surface area contributed by atoms with E-state index in [2.05, 4.69) is 37.9 Å². The third-order valence-corrected chi connectivity index (χ3v) is 3.21. The summed E-state index contributed by atoms with van der Waals surface area (Å²) in [6, 6.07) is 0. The van der Waals surface area contributed by atoms with Crippen LogP contribution < -0.4 is 5.32 Å². The third-order valence-electron chi connectivity index (χ3n) is 3.21. The molecule has 0 amide bonds. The molecule has 0 aliphatic carbocycles. The Kier molecular flexibility index (Phi) is 8.90. The fourth-order valence-corrected chi connectivity index (χ4v) is 1.86. The zero-order valence-corrected chi connectivity index (χ0v) is 11.6. The van der Waals surface area contributed by atoms with Crippen molar-refractivity contribution in [2.24, 2.45) is 0 Å². The fourth-order valence-electron chi connectivity index (χ4n) is 1.86. The van der Waals surface area contributed by atoms with Crippen LogP contribution >= 0.6 is 0 Å². The van der Waals surface area contributed by atoms with Gasteiger partial charge in [-0.3, -0.25) is 0 Å². The zero-order chi connectivity index (χ0) is 12.4. The summed E-state index contributed by atoms with van der Waals surface area (Å²) in [4.78, 5) is 2.47. The molecule has 0 aromatic carbocycles. The van der Waals surface area contributed by atoms with Crippen molar-refractivity contribution in [2.75, 3.05) is 32.8 Å². The Bertz CT molecular complexity index is 164. The van der Waals surface area contributed by atoms with Crippen LogP contribution in [0.25, 0.3) is 0 Å². The summed E-state index contributed by atoms with van der Waals surface area (Å²) in [5, 5.41) is 12.8. The second-order valence-corrected chi connectivity index (χ2v) is 4.79. The second-order valence-electron chi connectivity index (χ2n) is 4.79. The third kappa shape index (κ3) is 6.46. The van der Waals surface area contributed by atoms with Crippen LogP contribution in [0, 0.1) is 0 Å². The van der Waals surface area contributed by atoms with Crippen molar-refractivity contribution in [2.45, 2.75) is 52.5 Å². The van der Waals surface area contributed by atoms with Gasteiger partial charge >= 0.3 is 0 Å². The minimum Gasteiger partial charge on any atom is -0.394 e. The predicted molar refractivity (Wildman–Crippen MR) is 70.8 cm³/mol. The molecule has 0 aliphatic rings. The van der Waals surface area contributed by atoms with Gasteiger partial charge in [0.25, 0.3) is 0 Å². The van der Waals surface area contributed by atoms with E-state index in [1.54, 1.807) is 0 Å². The Hall–Kier alpha value is -0.120. The number of nitrogens with zero attached hydrogens (tertiary/aromatic N) is 1. The lowest BCUT2D eigenvalue weighted by Gasteiger charge is -2.31. The molecule has 0 aromatic rings. The van der Waals surface area contributed by atoms with E-state index in [4.69, 9.17) is 0 Å². The lowest BCUT2D eigenvalue weighted by Crippen LogP contribution is -2.48. The van der Waals surface area contributed by atoms with Crippen LogP contribution in [-0.2, 0) is 0 Å². The number of unbranched alkanes of at least 4 members (excludes halogenated alkanes) is 1. The van der Waals surface area contributed by atoms with Gasteiger partial charge in [-0.2, -0.15) is 0 Å². The molecule has 0 aliphatic heterocycles. The van der Waals surface area contributed by atoms with Crippen molar-refractivity contribution in [3.8, 4) is 0 Å². The zero-order valence-electron chi connectivity index (χ0n) is 11.6. The first-order valence-electron chi connectivity index (χ1n) is 6.70. The quantitative estimate of drug-likeness (QED) is 0.601. The average molecular weight is 230 g/mol. The number of rotatable bonds is 10. The van der Waals surface area contributed by atoms with Crippen molar-refractivity contribution in [1.82, 2.24) is 10.2 Å². The van der Waals surface area contributed by atoms with Crippen molar-refractivity contribution >= 4 is 0 Å². The molecule has 0 heterocycles. The molecule has 0 spiro atoms. The van der Waals surface area contributed by atoms with Gasteiger partial charge in [0.15, 0.2) is 0 Å². The largest absolute Gasteiger partial charge is 0.394 e. The van der Waals surface area contributed by atoms with E-state index in [1.165, 1.54) is 19.4 Å². The van der Waals surface area contributed by atoms with Crippen LogP contribution in [0.4, 0.5) is 0 Å². The summed E-state index contributed by atoms with van der Waals surface area (Å²) in [5.41, 5.74) is -0.117. The monoisotopic (exact) mass is 230 g/mol. The van der Waals surface area contributed by atoms with E-state index >= 15 is 0 Å². The van der Waals surface area contributed by atoms with Crippen LogP contribution in [0.2, 0.25) is 0 Å². The number of hydrogen-bond acceptors (Lipinski definition) is 3. The maximum atomic E-state index is 9.40. The van der Waals surface area contributed by atoms with E-state index in [-0.39, 0.29) is 12.1 Å². The van der Waals surface area contributed by atoms with E-state index in [1.807, 2.05) is 0 Å². The van der Waals surface area contributed by atoms with Crippen molar-refractivity contribution < 1.29 is 5.11 Å². The molecular formula is C13H30N2O. The van der Waals surface area contributed by atoms with E-state index in [9.17, 15) is 5.11 Å². The molecule has 16 heavy (non-hydrogen) atoms. The number of likely N-dealkylation sites (N-methyl/N-ethyl adjacent to an activating group) is 1. The molecule has 0 bridgehead atoms. The van der Waals surface area contributed by atoms with Gasteiger partial charge in [-0.1, -0.05) is 27.2 Å². The highest BCUT2D eigenvalue weighted by molar-refractivity contribution is 4.82. The predicted octanol–water partition coefficient (Wildman–Crippen LogP) is 1.86. The van der Waals surface area contributed by atoms with Gasteiger partial charge in [-0.25, -0.2) is 0 Å². The van der Waals surface area contributed by atoms with Gasteiger partial charge in [0.05, 0.1) is 6.61 Å². The van der Waals surface area contributed by atoms with Gasteiger partial charge < -0.3 is 15.3 Å². The molecule has 0 saturated carbocycles. The first-order chi connectivity index (χ1) is 7.61. The highest BCUT2D eigenvalue weighted by atomic mass is 16.3. The first-order valence-corrected chi connectivity index (χ1v) is 6.70. The van der Waals surface area contributed by atoms with E-state index in [0.29, 0.717) is 0 Å². The summed E-state index contributed by atoms with van der Waals surface area (Å²) in [6.45, 7) is 13.1. The normalized spacial score (nSPS) is 15.4. The summed E-state index contributed by atoms with van der Waals surface area (Å²) in [6.07, 6.45) is 3.53. The van der Waals surface area contributed by atoms with Crippen LogP contribution in [0.3, 0.4) is 0 Å². The smallest absolute Gasteiger partial charge is 0.0611 e. The lowest BCUT2D eigenvalue weighted by molar-refractivity contribution is 0.148. The first kappa shape index (κ1) is 15.9. The standard InChI is InChI=1S/C13H30N2O/c1-5-8-10-15(7-3)11-9-13(4,12-16)14-6-2/h14,16H,5-12H2,1-4H3. The topological polar surface area (TPSA) is 35.5 Å². The molecule has 1 unspecified atom stereocenters. The van der Waals surface area contributed by atoms with Crippen LogP contribution in [0.15, 0.2) is 0 Å². The Balaban J connectivity index is 3.96. The van der Waals surface area contributed by atoms with Crippen molar-refractivity contribution in [3.63, 3.8) is 0 Å². The number of nitrogens with one attached hydrogen (secondary N) is 1. The summed E-state index contributed by atoms with van der Waals surface area (Å²) in [5.74, 6) is 0. The minimum atomic E-state index is -0.117. The number of aliphatic hydroxyl groups excluding tert-OH is 1. The fraction of sp³-hybridized carbons (Fsp3) is 1.00. The van der Waals surface area contributed by atoms with Crippen LogP contribution in [0.1, 0.15) is 47.0 Å². The molecule has 98 valence electrons. The SMILES string of the molecule is CCCCN(CC)CCC(C)(CO)NCC.